The van der Waals surface area contributed by atoms with Gasteiger partial charge in [-0.2, -0.15) is 0 Å². The summed E-state index contributed by atoms with van der Waals surface area (Å²) in [5.74, 6) is 1.04. The summed E-state index contributed by atoms with van der Waals surface area (Å²) >= 11 is 1.49. The number of thiophene rings is 1. The molecule has 1 aromatic heterocycles. The average molecular weight is 290 g/mol. The molecular weight excluding hydrogens is 272 g/mol. The smallest absolute Gasteiger partial charge is 0.172 e. The Kier molecular flexibility index (Phi) is 5.77. The summed E-state index contributed by atoms with van der Waals surface area (Å²) in [6.45, 7) is 1.17. The van der Waals surface area contributed by atoms with Crippen molar-refractivity contribution in [1.29, 1.82) is 0 Å². The minimum atomic E-state index is 0.202. The highest BCUT2D eigenvalue weighted by Gasteiger charge is 2.05. The molecule has 0 aliphatic rings. The Balaban J connectivity index is 1.62. The second-order valence-electron chi connectivity index (χ2n) is 4.40. The van der Waals surface area contributed by atoms with Gasteiger partial charge < -0.3 is 9.47 Å². The molecule has 0 aliphatic heterocycles. The maximum absolute atomic E-state index is 11.8. The molecule has 4 heteroatoms. The van der Waals surface area contributed by atoms with Gasteiger partial charge in [0.05, 0.1) is 18.6 Å². The molecular formula is C16H18O3S. The zero-order valence-electron chi connectivity index (χ0n) is 11.5. The Hall–Kier alpha value is -1.65. The van der Waals surface area contributed by atoms with E-state index in [-0.39, 0.29) is 5.78 Å². The van der Waals surface area contributed by atoms with Crippen LogP contribution in [0.3, 0.4) is 0 Å². The normalized spacial score (nSPS) is 10.4. The number of Topliss-reactive ketones (excluding diaryl/α,β-unsaturated/α-hetero) is 1. The number of methoxy groups -OCH3 is 1. The topological polar surface area (TPSA) is 35.5 Å². The van der Waals surface area contributed by atoms with Crippen LogP contribution in [0.4, 0.5) is 0 Å². The van der Waals surface area contributed by atoms with Gasteiger partial charge in [-0.15, -0.1) is 11.3 Å². The van der Waals surface area contributed by atoms with Gasteiger partial charge in [-0.05, 0) is 35.6 Å². The first-order chi connectivity index (χ1) is 9.79. The summed E-state index contributed by atoms with van der Waals surface area (Å²) in [5.41, 5.74) is 1.11. The van der Waals surface area contributed by atoms with E-state index in [1.54, 1.807) is 7.11 Å². The van der Waals surface area contributed by atoms with Gasteiger partial charge in [0.2, 0.25) is 0 Å². The fraction of sp³-hybridized carbons (Fsp3) is 0.312. The number of benzene rings is 1. The molecule has 0 unspecified atom stereocenters. The molecule has 0 bridgehead atoms. The first kappa shape index (κ1) is 14.8. The van der Waals surface area contributed by atoms with Crippen molar-refractivity contribution in [2.24, 2.45) is 0 Å². The molecule has 0 amide bonds. The molecule has 2 aromatic rings. The predicted octanol–water partition coefficient (Wildman–Crippen LogP) is 3.94. The third-order valence-electron chi connectivity index (χ3n) is 2.92. The van der Waals surface area contributed by atoms with Crippen molar-refractivity contribution in [3.8, 4) is 5.75 Å². The van der Waals surface area contributed by atoms with E-state index in [0.717, 1.165) is 22.6 Å². The van der Waals surface area contributed by atoms with Crippen LogP contribution in [0.1, 0.15) is 28.1 Å². The molecule has 1 heterocycles. The fourth-order valence-corrected chi connectivity index (χ4v) is 2.50. The first-order valence-electron chi connectivity index (χ1n) is 6.57. The largest absolute Gasteiger partial charge is 0.497 e. The van der Waals surface area contributed by atoms with Gasteiger partial charge in [0.1, 0.15) is 5.75 Å². The third-order valence-corrected chi connectivity index (χ3v) is 3.83. The van der Waals surface area contributed by atoms with Crippen molar-refractivity contribution in [2.75, 3.05) is 13.7 Å². The van der Waals surface area contributed by atoms with Gasteiger partial charge in [-0.25, -0.2) is 0 Å². The van der Waals surface area contributed by atoms with Crippen molar-refractivity contribution in [1.82, 2.24) is 0 Å². The van der Waals surface area contributed by atoms with Crippen LogP contribution in [-0.4, -0.2) is 19.5 Å². The van der Waals surface area contributed by atoms with E-state index in [0.29, 0.717) is 19.6 Å². The Morgan fingerprint density at radius 2 is 2.00 bits per heavy atom. The molecule has 1 aromatic carbocycles. The van der Waals surface area contributed by atoms with Gasteiger partial charge >= 0.3 is 0 Å². The van der Waals surface area contributed by atoms with E-state index in [2.05, 4.69) is 0 Å². The van der Waals surface area contributed by atoms with Gasteiger partial charge in [0.25, 0.3) is 0 Å². The number of carbonyl (C=O) groups is 1. The van der Waals surface area contributed by atoms with Gasteiger partial charge in [-0.1, -0.05) is 18.2 Å². The second-order valence-corrected chi connectivity index (χ2v) is 5.35. The highest BCUT2D eigenvalue weighted by Crippen LogP contribution is 2.13. The van der Waals surface area contributed by atoms with Crippen molar-refractivity contribution in [3.63, 3.8) is 0 Å². The Bertz CT molecular complexity index is 517. The van der Waals surface area contributed by atoms with E-state index in [9.17, 15) is 4.79 Å². The number of ketones is 1. The second kappa shape index (κ2) is 7.82. The van der Waals surface area contributed by atoms with Gasteiger partial charge in [0, 0.05) is 13.0 Å². The van der Waals surface area contributed by atoms with Crippen LogP contribution in [-0.2, 0) is 11.3 Å². The monoisotopic (exact) mass is 290 g/mol. The Morgan fingerprint density at radius 3 is 2.65 bits per heavy atom. The van der Waals surface area contributed by atoms with Crippen LogP contribution in [0.15, 0.2) is 41.8 Å². The molecule has 106 valence electrons. The van der Waals surface area contributed by atoms with E-state index < -0.39 is 0 Å². The molecule has 0 saturated carbocycles. The van der Waals surface area contributed by atoms with E-state index in [1.165, 1.54) is 11.3 Å². The van der Waals surface area contributed by atoms with E-state index >= 15 is 0 Å². The summed E-state index contributed by atoms with van der Waals surface area (Å²) in [4.78, 5) is 12.6. The highest BCUT2D eigenvalue weighted by atomic mass is 32.1. The lowest BCUT2D eigenvalue weighted by atomic mass is 10.2. The van der Waals surface area contributed by atoms with Crippen LogP contribution >= 0.6 is 11.3 Å². The maximum atomic E-state index is 11.8. The average Bonchev–Trinajstić information content (AvgIpc) is 3.01. The number of carbonyl (C=O) groups excluding carboxylic acids is 1. The maximum Gasteiger partial charge on any atom is 0.172 e. The summed E-state index contributed by atoms with van der Waals surface area (Å²) in [6.07, 6.45) is 1.30. The van der Waals surface area contributed by atoms with Crippen molar-refractivity contribution >= 4 is 17.1 Å². The van der Waals surface area contributed by atoms with E-state index in [1.807, 2.05) is 41.8 Å². The third kappa shape index (κ3) is 4.47. The Labute approximate surface area is 123 Å². The van der Waals surface area contributed by atoms with Crippen LogP contribution in [0.25, 0.3) is 0 Å². The lowest BCUT2D eigenvalue weighted by Gasteiger charge is -2.05. The number of rotatable bonds is 8. The number of ether oxygens (including phenoxy) is 2. The molecule has 20 heavy (non-hydrogen) atoms. The minimum absolute atomic E-state index is 0.202. The molecule has 0 saturated heterocycles. The summed E-state index contributed by atoms with van der Waals surface area (Å²) in [6, 6.07) is 11.6. The molecule has 0 aliphatic carbocycles. The van der Waals surface area contributed by atoms with Crippen molar-refractivity contribution in [2.45, 2.75) is 19.4 Å². The molecule has 0 fully saturated rings. The zero-order chi connectivity index (χ0) is 14.2. The highest BCUT2D eigenvalue weighted by molar-refractivity contribution is 7.12. The molecule has 0 N–H and O–H groups in total. The lowest BCUT2D eigenvalue weighted by molar-refractivity contribution is 0.0922. The molecule has 0 spiro atoms. The standard InChI is InChI=1S/C16H18O3S/c1-18-14-8-6-13(7-9-14)12-19-10-2-4-15(17)16-5-3-11-20-16/h3,5-9,11H,2,4,10,12H2,1H3. The Morgan fingerprint density at radius 1 is 1.20 bits per heavy atom. The fourth-order valence-electron chi connectivity index (χ4n) is 1.81. The van der Waals surface area contributed by atoms with Crippen LogP contribution in [0.5, 0.6) is 5.75 Å². The molecule has 0 radical (unpaired) electrons. The summed E-state index contributed by atoms with van der Waals surface area (Å²) in [5, 5.41) is 1.92. The number of hydrogen-bond acceptors (Lipinski definition) is 4. The lowest BCUT2D eigenvalue weighted by Crippen LogP contribution is -2.01. The van der Waals surface area contributed by atoms with E-state index in [4.69, 9.17) is 9.47 Å². The van der Waals surface area contributed by atoms with Crippen molar-refractivity contribution < 1.29 is 14.3 Å². The predicted molar refractivity (Wildman–Crippen MR) is 80.5 cm³/mol. The molecule has 0 atom stereocenters. The SMILES string of the molecule is COc1ccc(COCCCC(=O)c2cccs2)cc1. The van der Waals surface area contributed by atoms with Crippen LogP contribution in [0.2, 0.25) is 0 Å². The molecule has 3 nitrogen and oxygen atoms in total. The summed E-state index contributed by atoms with van der Waals surface area (Å²) in [7, 11) is 1.65. The van der Waals surface area contributed by atoms with Crippen LogP contribution < -0.4 is 4.74 Å². The van der Waals surface area contributed by atoms with Crippen LogP contribution in [0, 0.1) is 0 Å². The summed E-state index contributed by atoms with van der Waals surface area (Å²) < 4.78 is 10.7. The quantitative estimate of drug-likeness (QED) is 0.546. The van der Waals surface area contributed by atoms with Gasteiger partial charge in [-0.3, -0.25) is 4.79 Å². The first-order valence-corrected chi connectivity index (χ1v) is 7.45. The number of hydrogen-bond donors (Lipinski definition) is 0. The van der Waals surface area contributed by atoms with Crippen molar-refractivity contribution in [3.05, 3.63) is 52.2 Å². The minimum Gasteiger partial charge on any atom is -0.497 e. The van der Waals surface area contributed by atoms with Gasteiger partial charge in [0.15, 0.2) is 5.78 Å². The molecule has 2 rings (SSSR count). The zero-order valence-corrected chi connectivity index (χ0v) is 12.3.